The van der Waals surface area contributed by atoms with Crippen molar-refractivity contribution in [3.63, 3.8) is 0 Å². The number of carboxylic acids is 1. The summed E-state index contributed by atoms with van der Waals surface area (Å²) in [4.78, 5) is 25.5. The maximum absolute atomic E-state index is 14.2. The minimum Gasteiger partial charge on any atom is -0.487 e. The van der Waals surface area contributed by atoms with Gasteiger partial charge >= 0.3 is 5.97 Å². The molecule has 1 aliphatic rings. The summed E-state index contributed by atoms with van der Waals surface area (Å²) in [5.41, 5.74) is 1.75. The molecule has 1 amide bonds. The van der Waals surface area contributed by atoms with Gasteiger partial charge in [0.15, 0.2) is 0 Å². The van der Waals surface area contributed by atoms with Crippen LogP contribution in [0.25, 0.3) is 0 Å². The molecule has 0 spiro atoms. The molecule has 1 atom stereocenters. The molecule has 0 saturated carbocycles. The largest absolute Gasteiger partial charge is 0.487 e. The molecule has 1 N–H and O–H groups in total. The van der Waals surface area contributed by atoms with Gasteiger partial charge in [-0.15, -0.1) is 0 Å². The zero-order valence-electron chi connectivity index (χ0n) is 19.4. The zero-order chi connectivity index (χ0) is 26.0. The highest BCUT2D eigenvalue weighted by molar-refractivity contribution is 6.31. The lowest BCUT2D eigenvalue weighted by Crippen LogP contribution is -2.36. The molecule has 0 fully saturated rings. The smallest absolute Gasteiger partial charge is 0.323 e. The van der Waals surface area contributed by atoms with Gasteiger partial charge < -0.3 is 14.7 Å². The molecule has 0 unspecified atom stereocenters. The second-order valence-corrected chi connectivity index (χ2v) is 9.93. The molecule has 36 heavy (non-hydrogen) atoms. The Kier molecular flexibility index (Phi) is 7.52. The Bertz CT molecular complexity index is 1310. The number of halogens is 4. The standard InChI is InChI=1S/C27H23Cl2F2NO4/c1-27(12-17-5-7-21(29)23(31)10-17)13-18-9-16(6-8-24(18)36-27)11-25(33)32(15-26(34)35)14-19-20(28)3-2-4-22(19)30/h2-10H,11-15H2,1H3,(H,34,35)/t27-/m0/s1. The first-order valence-corrected chi connectivity index (χ1v) is 12.0. The Morgan fingerprint density at radius 3 is 2.47 bits per heavy atom. The van der Waals surface area contributed by atoms with E-state index in [-0.39, 0.29) is 28.6 Å². The molecule has 4 rings (SSSR count). The fourth-order valence-corrected chi connectivity index (χ4v) is 4.76. The molecule has 5 nitrogen and oxygen atoms in total. The third-order valence-corrected chi connectivity index (χ3v) is 6.71. The first-order valence-electron chi connectivity index (χ1n) is 11.2. The van der Waals surface area contributed by atoms with Crippen LogP contribution in [0.1, 0.15) is 29.2 Å². The summed E-state index contributed by atoms with van der Waals surface area (Å²) in [5, 5.41) is 9.46. The molecule has 0 aromatic heterocycles. The summed E-state index contributed by atoms with van der Waals surface area (Å²) in [7, 11) is 0. The Hall–Kier alpha value is -3.16. The number of ether oxygens (including phenoxy) is 1. The van der Waals surface area contributed by atoms with Crippen molar-refractivity contribution in [2.24, 2.45) is 0 Å². The number of benzene rings is 3. The molecule has 3 aromatic carbocycles. The maximum atomic E-state index is 14.2. The third kappa shape index (κ3) is 5.97. The Morgan fingerprint density at radius 2 is 1.78 bits per heavy atom. The van der Waals surface area contributed by atoms with E-state index >= 15 is 0 Å². The summed E-state index contributed by atoms with van der Waals surface area (Å²) in [6.07, 6.45) is 0.920. The fourth-order valence-electron chi connectivity index (χ4n) is 4.42. The van der Waals surface area contributed by atoms with Gasteiger partial charge in [0, 0.05) is 23.4 Å². The summed E-state index contributed by atoms with van der Waals surface area (Å²) in [5.74, 6) is -2.12. The van der Waals surface area contributed by atoms with Crippen LogP contribution < -0.4 is 4.74 Å². The lowest BCUT2D eigenvalue weighted by molar-refractivity contribution is -0.144. The van der Waals surface area contributed by atoms with Crippen LogP contribution in [-0.4, -0.2) is 34.0 Å². The normalized spacial score (nSPS) is 16.4. The van der Waals surface area contributed by atoms with Gasteiger partial charge in [-0.2, -0.15) is 0 Å². The van der Waals surface area contributed by atoms with Crippen LogP contribution in [0, 0.1) is 11.6 Å². The molecule has 0 radical (unpaired) electrons. The van der Waals surface area contributed by atoms with E-state index in [1.54, 1.807) is 18.2 Å². The Balaban J connectivity index is 1.48. The number of carbonyl (C=O) groups is 2. The number of fused-ring (bicyclic) bond motifs is 1. The topological polar surface area (TPSA) is 66.8 Å². The third-order valence-electron chi connectivity index (χ3n) is 6.05. The molecule has 1 aliphatic heterocycles. The second-order valence-electron chi connectivity index (χ2n) is 9.12. The molecule has 0 bridgehead atoms. The van der Waals surface area contributed by atoms with Crippen LogP contribution in [0.15, 0.2) is 54.6 Å². The lowest BCUT2D eigenvalue weighted by Gasteiger charge is -2.24. The van der Waals surface area contributed by atoms with E-state index in [4.69, 9.17) is 27.9 Å². The minimum absolute atomic E-state index is 0.0584. The molecule has 1 heterocycles. The van der Waals surface area contributed by atoms with Gasteiger partial charge in [0.1, 0.15) is 29.5 Å². The first kappa shape index (κ1) is 25.9. The van der Waals surface area contributed by atoms with E-state index in [0.717, 1.165) is 16.0 Å². The molecular formula is C27H23Cl2F2NO4. The quantitative estimate of drug-likeness (QED) is 0.393. The Labute approximate surface area is 217 Å². The molecule has 188 valence electrons. The van der Waals surface area contributed by atoms with Crippen molar-refractivity contribution in [3.8, 4) is 5.75 Å². The number of rotatable bonds is 8. The number of hydrogen-bond acceptors (Lipinski definition) is 3. The van der Waals surface area contributed by atoms with Crippen LogP contribution in [-0.2, 0) is 35.4 Å². The van der Waals surface area contributed by atoms with E-state index in [0.29, 0.717) is 24.2 Å². The van der Waals surface area contributed by atoms with Crippen LogP contribution in [0.2, 0.25) is 10.0 Å². The number of hydrogen-bond donors (Lipinski definition) is 1. The van der Waals surface area contributed by atoms with Crippen molar-refractivity contribution in [1.29, 1.82) is 0 Å². The van der Waals surface area contributed by atoms with E-state index in [9.17, 15) is 23.5 Å². The summed E-state index contributed by atoms with van der Waals surface area (Å²) >= 11 is 11.9. The van der Waals surface area contributed by atoms with Gasteiger partial charge in [0.2, 0.25) is 5.91 Å². The van der Waals surface area contributed by atoms with E-state index in [1.807, 2.05) is 13.0 Å². The number of carboxylic acid groups (broad SMARTS) is 1. The highest BCUT2D eigenvalue weighted by Gasteiger charge is 2.35. The minimum atomic E-state index is -1.22. The molecule has 3 aromatic rings. The average molecular weight is 534 g/mol. The van der Waals surface area contributed by atoms with Gasteiger partial charge in [-0.1, -0.05) is 47.5 Å². The lowest BCUT2D eigenvalue weighted by atomic mass is 9.91. The highest BCUT2D eigenvalue weighted by Crippen LogP contribution is 2.38. The van der Waals surface area contributed by atoms with Crippen molar-refractivity contribution in [3.05, 3.63) is 98.5 Å². The average Bonchev–Trinajstić information content (AvgIpc) is 3.12. The van der Waals surface area contributed by atoms with E-state index < -0.39 is 35.7 Å². The maximum Gasteiger partial charge on any atom is 0.323 e. The van der Waals surface area contributed by atoms with Gasteiger partial charge in [0.05, 0.1) is 18.0 Å². The Morgan fingerprint density at radius 1 is 1.03 bits per heavy atom. The predicted octanol–water partition coefficient (Wildman–Crippen LogP) is 5.86. The SMILES string of the molecule is C[C@]1(Cc2ccc(Cl)c(F)c2)Cc2cc(CC(=O)N(CC(=O)O)Cc3c(F)cccc3Cl)ccc2O1. The fraction of sp³-hybridized carbons (Fsp3) is 0.259. The molecular weight excluding hydrogens is 511 g/mol. The van der Waals surface area contributed by atoms with Crippen LogP contribution >= 0.6 is 23.2 Å². The first-order chi connectivity index (χ1) is 17.0. The van der Waals surface area contributed by atoms with E-state index in [2.05, 4.69) is 0 Å². The second kappa shape index (κ2) is 10.4. The molecule has 0 saturated heterocycles. The number of aliphatic carboxylic acids is 1. The molecule has 0 aliphatic carbocycles. The number of nitrogens with zero attached hydrogens (tertiary/aromatic N) is 1. The van der Waals surface area contributed by atoms with Crippen LogP contribution in [0.4, 0.5) is 8.78 Å². The van der Waals surface area contributed by atoms with Crippen molar-refractivity contribution < 1.29 is 28.2 Å². The zero-order valence-corrected chi connectivity index (χ0v) is 20.9. The summed E-state index contributed by atoms with van der Waals surface area (Å²) in [6, 6.07) is 14.1. The van der Waals surface area contributed by atoms with Crippen molar-refractivity contribution >= 4 is 35.1 Å². The van der Waals surface area contributed by atoms with Gasteiger partial charge in [0.25, 0.3) is 0 Å². The highest BCUT2D eigenvalue weighted by atomic mass is 35.5. The molecule has 9 heteroatoms. The summed E-state index contributed by atoms with van der Waals surface area (Å²) in [6.45, 7) is 1.07. The monoisotopic (exact) mass is 533 g/mol. The predicted molar refractivity (Wildman–Crippen MR) is 132 cm³/mol. The summed E-state index contributed by atoms with van der Waals surface area (Å²) < 4.78 is 34.3. The van der Waals surface area contributed by atoms with Gasteiger partial charge in [-0.3, -0.25) is 9.59 Å². The number of carbonyl (C=O) groups excluding carboxylic acids is 1. The van der Waals surface area contributed by atoms with Gasteiger partial charge in [-0.05, 0) is 53.9 Å². The number of amides is 1. The van der Waals surface area contributed by atoms with Crippen molar-refractivity contribution in [2.45, 2.75) is 38.3 Å². The van der Waals surface area contributed by atoms with Gasteiger partial charge in [-0.25, -0.2) is 8.78 Å². The van der Waals surface area contributed by atoms with E-state index in [1.165, 1.54) is 30.3 Å². The van der Waals surface area contributed by atoms with Crippen molar-refractivity contribution in [2.75, 3.05) is 6.54 Å². The van der Waals surface area contributed by atoms with Crippen LogP contribution in [0.3, 0.4) is 0 Å². The van der Waals surface area contributed by atoms with Crippen molar-refractivity contribution in [1.82, 2.24) is 4.90 Å². The van der Waals surface area contributed by atoms with Crippen LogP contribution in [0.5, 0.6) is 5.75 Å².